The van der Waals surface area contributed by atoms with Gasteiger partial charge >= 0.3 is 0 Å². The summed E-state index contributed by atoms with van der Waals surface area (Å²) in [4.78, 5) is 0. The minimum Gasteiger partial charge on any atom is -0.389 e. The van der Waals surface area contributed by atoms with Crippen LogP contribution in [0, 0.1) is 6.92 Å². The van der Waals surface area contributed by atoms with E-state index in [0.717, 1.165) is 15.6 Å². The maximum absolute atomic E-state index is 9.71. The van der Waals surface area contributed by atoms with E-state index in [9.17, 15) is 10.2 Å². The zero-order chi connectivity index (χ0) is 10.7. The summed E-state index contributed by atoms with van der Waals surface area (Å²) >= 11 is 6.51. The van der Waals surface area contributed by atoms with Gasteiger partial charge in [0.2, 0.25) is 0 Å². The summed E-state index contributed by atoms with van der Waals surface area (Å²) in [5.41, 5.74) is 1.78. The van der Waals surface area contributed by atoms with E-state index in [0.29, 0.717) is 5.33 Å². The van der Waals surface area contributed by atoms with Gasteiger partial charge < -0.3 is 10.2 Å². The number of aryl methyl sites for hydroxylation is 1. The molecule has 78 valence electrons. The van der Waals surface area contributed by atoms with Crippen molar-refractivity contribution in [2.75, 3.05) is 5.33 Å². The molecule has 2 atom stereocenters. The number of benzene rings is 1. The number of aliphatic hydroxyl groups is 2. The molecule has 0 aliphatic rings. The zero-order valence-corrected chi connectivity index (χ0v) is 10.9. The predicted octanol–water partition coefficient (Wildman–Crippen LogP) is 2.55. The van der Waals surface area contributed by atoms with Crippen LogP contribution < -0.4 is 0 Å². The van der Waals surface area contributed by atoms with Gasteiger partial charge in [-0.1, -0.05) is 44.0 Å². The molecule has 0 saturated carbocycles. The molecule has 4 heteroatoms. The van der Waals surface area contributed by atoms with Gasteiger partial charge in [0.05, 0.1) is 6.10 Å². The van der Waals surface area contributed by atoms with Crippen molar-refractivity contribution in [3.63, 3.8) is 0 Å². The topological polar surface area (TPSA) is 40.5 Å². The van der Waals surface area contributed by atoms with E-state index in [1.54, 1.807) is 6.07 Å². The van der Waals surface area contributed by atoms with Crippen molar-refractivity contribution in [2.45, 2.75) is 19.1 Å². The fraction of sp³-hybridized carbons (Fsp3) is 0.400. The Balaban J connectivity index is 2.91. The average Bonchev–Trinajstić information content (AvgIpc) is 2.20. The van der Waals surface area contributed by atoms with Crippen molar-refractivity contribution in [3.8, 4) is 0 Å². The van der Waals surface area contributed by atoms with Gasteiger partial charge in [0.1, 0.15) is 6.10 Å². The van der Waals surface area contributed by atoms with Gasteiger partial charge in [-0.05, 0) is 24.1 Å². The molecular weight excluding hydrogens is 312 g/mol. The Kier molecular flexibility index (Phi) is 4.57. The summed E-state index contributed by atoms with van der Waals surface area (Å²) in [6.45, 7) is 1.95. The Morgan fingerprint density at radius 1 is 1.36 bits per heavy atom. The lowest BCUT2D eigenvalue weighted by atomic mass is 10.0. The molecule has 0 heterocycles. The summed E-state index contributed by atoms with van der Waals surface area (Å²) in [7, 11) is 0. The van der Waals surface area contributed by atoms with Crippen molar-refractivity contribution >= 4 is 31.9 Å². The molecule has 0 aromatic heterocycles. The standard InChI is InChI=1S/C10H12Br2O2/c1-6-4-7(2-3-8(6)12)10(14)9(13)5-11/h2-4,9-10,13-14H,5H2,1H3. The molecular formula is C10H12Br2O2. The largest absolute Gasteiger partial charge is 0.389 e. The van der Waals surface area contributed by atoms with E-state index in [2.05, 4.69) is 31.9 Å². The van der Waals surface area contributed by atoms with Gasteiger partial charge in [-0.3, -0.25) is 0 Å². The highest BCUT2D eigenvalue weighted by Gasteiger charge is 2.17. The molecule has 0 amide bonds. The number of hydrogen-bond donors (Lipinski definition) is 2. The van der Waals surface area contributed by atoms with Crippen LogP contribution in [0.4, 0.5) is 0 Å². The van der Waals surface area contributed by atoms with Gasteiger partial charge in [0, 0.05) is 9.80 Å². The fourth-order valence-corrected chi connectivity index (χ4v) is 1.76. The molecule has 0 aliphatic carbocycles. The normalized spacial score (nSPS) is 15.2. The molecule has 14 heavy (non-hydrogen) atoms. The molecule has 1 aromatic carbocycles. The second-order valence-electron chi connectivity index (χ2n) is 3.18. The molecule has 1 rings (SSSR count). The Labute approximate surface area is 100 Å². The number of aliphatic hydroxyl groups excluding tert-OH is 2. The maximum atomic E-state index is 9.71. The maximum Gasteiger partial charge on any atom is 0.106 e. The SMILES string of the molecule is Cc1cc(C(O)C(O)CBr)ccc1Br. The van der Waals surface area contributed by atoms with Crippen molar-refractivity contribution in [3.05, 3.63) is 33.8 Å². The second-order valence-corrected chi connectivity index (χ2v) is 4.68. The molecule has 0 radical (unpaired) electrons. The highest BCUT2D eigenvalue weighted by Crippen LogP contribution is 2.23. The van der Waals surface area contributed by atoms with E-state index in [4.69, 9.17) is 0 Å². The lowest BCUT2D eigenvalue weighted by molar-refractivity contribution is 0.0342. The Bertz CT molecular complexity index is 315. The smallest absolute Gasteiger partial charge is 0.106 e. The summed E-state index contributed by atoms with van der Waals surface area (Å²) in [6, 6.07) is 5.53. The molecule has 0 spiro atoms. The Morgan fingerprint density at radius 2 is 2.00 bits per heavy atom. The van der Waals surface area contributed by atoms with Crippen LogP contribution in [0.2, 0.25) is 0 Å². The van der Waals surface area contributed by atoms with Crippen LogP contribution in [0.25, 0.3) is 0 Å². The highest BCUT2D eigenvalue weighted by atomic mass is 79.9. The van der Waals surface area contributed by atoms with Crippen molar-refractivity contribution in [1.29, 1.82) is 0 Å². The van der Waals surface area contributed by atoms with Crippen LogP contribution in [0.15, 0.2) is 22.7 Å². The first-order valence-corrected chi connectivity index (χ1v) is 6.16. The van der Waals surface area contributed by atoms with Crippen LogP contribution in [-0.2, 0) is 0 Å². The fourth-order valence-electron chi connectivity index (χ4n) is 1.16. The molecule has 2 unspecified atom stereocenters. The van der Waals surface area contributed by atoms with Gasteiger partial charge in [-0.25, -0.2) is 0 Å². The van der Waals surface area contributed by atoms with E-state index in [-0.39, 0.29) is 0 Å². The first-order chi connectivity index (χ1) is 6.56. The lowest BCUT2D eigenvalue weighted by Gasteiger charge is -2.16. The number of hydrogen-bond acceptors (Lipinski definition) is 2. The minimum atomic E-state index is -0.832. The highest BCUT2D eigenvalue weighted by molar-refractivity contribution is 9.10. The lowest BCUT2D eigenvalue weighted by Crippen LogP contribution is -2.19. The van der Waals surface area contributed by atoms with Crippen LogP contribution in [-0.4, -0.2) is 21.6 Å². The monoisotopic (exact) mass is 322 g/mol. The summed E-state index contributed by atoms with van der Waals surface area (Å²) in [6.07, 6.45) is -1.60. The summed E-state index contributed by atoms with van der Waals surface area (Å²) < 4.78 is 1.00. The van der Waals surface area contributed by atoms with Crippen molar-refractivity contribution < 1.29 is 10.2 Å². The first kappa shape index (κ1) is 12.2. The predicted molar refractivity (Wildman–Crippen MR) is 63.6 cm³/mol. The molecule has 0 saturated heterocycles. The molecule has 0 aliphatic heterocycles. The first-order valence-electron chi connectivity index (χ1n) is 4.24. The van der Waals surface area contributed by atoms with Crippen LogP contribution in [0.1, 0.15) is 17.2 Å². The van der Waals surface area contributed by atoms with Crippen molar-refractivity contribution in [1.82, 2.24) is 0 Å². The third-order valence-corrected chi connectivity index (χ3v) is 3.60. The van der Waals surface area contributed by atoms with E-state index < -0.39 is 12.2 Å². The molecule has 1 aromatic rings. The minimum absolute atomic E-state index is 0.364. The average molecular weight is 324 g/mol. The zero-order valence-electron chi connectivity index (χ0n) is 7.74. The molecule has 2 nitrogen and oxygen atoms in total. The molecule has 0 bridgehead atoms. The van der Waals surface area contributed by atoms with Gasteiger partial charge in [-0.2, -0.15) is 0 Å². The third kappa shape index (κ3) is 2.79. The van der Waals surface area contributed by atoms with Gasteiger partial charge in [0.25, 0.3) is 0 Å². The summed E-state index contributed by atoms with van der Waals surface area (Å²) in [5, 5.41) is 19.5. The number of rotatable bonds is 3. The second kappa shape index (κ2) is 5.26. The Hall–Kier alpha value is 0.100. The van der Waals surface area contributed by atoms with Crippen LogP contribution in [0.5, 0.6) is 0 Å². The van der Waals surface area contributed by atoms with Crippen LogP contribution in [0.3, 0.4) is 0 Å². The third-order valence-electron chi connectivity index (χ3n) is 2.05. The van der Waals surface area contributed by atoms with E-state index in [1.165, 1.54) is 0 Å². The number of halogens is 2. The van der Waals surface area contributed by atoms with Gasteiger partial charge in [-0.15, -0.1) is 0 Å². The van der Waals surface area contributed by atoms with E-state index in [1.807, 2.05) is 19.1 Å². The van der Waals surface area contributed by atoms with Crippen molar-refractivity contribution in [2.24, 2.45) is 0 Å². The molecule has 2 N–H and O–H groups in total. The van der Waals surface area contributed by atoms with Gasteiger partial charge in [0.15, 0.2) is 0 Å². The molecule has 0 fully saturated rings. The van der Waals surface area contributed by atoms with E-state index >= 15 is 0 Å². The number of alkyl halides is 1. The summed E-state index contributed by atoms with van der Waals surface area (Å²) in [5.74, 6) is 0. The van der Waals surface area contributed by atoms with Crippen LogP contribution >= 0.6 is 31.9 Å². The quantitative estimate of drug-likeness (QED) is 0.839. The Morgan fingerprint density at radius 3 is 2.50 bits per heavy atom.